The highest BCUT2D eigenvalue weighted by molar-refractivity contribution is 9.10. The van der Waals surface area contributed by atoms with Crippen LogP contribution >= 0.6 is 15.9 Å². The van der Waals surface area contributed by atoms with Gasteiger partial charge in [0, 0.05) is 6.20 Å². The number of nitrogens with zero attached hydrogens (tertiary/aromatic N) is 2. The zero-order chi connectivity index (χ0) is 12.6. The molecule has 0 radical (unpaired) electrons. The van der Waals surface area contributed by atoms with E-state index in [2.05, 4.69) is 26.0 Å². The van der Waals surface area contributed by atoms with E-state index in [1.807, 2.05) is 0 Å². The molecule has 0 aliphatic heterocycles. The number of esters is 1. The summed E-state index contributed by atoms with van der Waals surface area (Å²) >= 11 is 3.13. The summed E-state index contributed by atoms with van der Waals surface area (Å²) in [5.74, 6) is -0.454. The topological polar surface area (TPSA) is 76.5 Å². The number of aryl methyl sites for hydroxylation is 1. The molecular weight excluding hydrogens is 290 g/mol. The van der Waals surface area contributed by atoms with Gasteiger partial charge in [0.25, 0.3) is 5.56 Å². The summed E-state index contributed by atoms with van der Waals surface area (Å²) in [7, 11) is 0. The Balaban J connectivity index is 2.66. The molecule has 0 amide bonds. The van der Waals surface area contributed by atoms with Gasteiger partial charge in [-0.3, -0.25) is 9.89 Å². The van der Waals surface area contributed by atoms with Crippen LogP contribution in [-0.4, -0.2) is 27.2 Å². The summed E-state index contributed by atoms with van der Waals surface area (Å²) in [6.45, 7) is 3.73. The van der Waals surface area contributed by atoms with E-state index < -0.39 is 5.97 Å². The van der Waals surface area contributed by atoms with Gasteiger partial charge in [0.05, 0.1) is 17.9 Å². The Morgan fingerprint density at radius 3 is 3.00 bits per heavy atom. The van der Waals surface area contributed by atoms with Crippen molar-refractivity contribution in [1.82, 2.24) is 14.6 Å². The fraction of sp³-hybridized carbons (Fsp3) is 0.300. The van der Waals surface area contributed by atoms with Crippen molar-refractivity contribution >= 4 is 27.5 Å². The average molecular weight is 300 g/mol. The summed E-state index contributed by atoms with van der Waals surface area (Å²) in [5, 5.41) is 2.58. The fourth-order valence-corrected chi connectivity index (χ4v) is 1.88. The second kappa shape index (κ2) is 4.33. The first-order valence-electron chi connectivity index (χ1n) is 4.99. The standard InChI is InChI=1S/C10H10BrN3O3/c1-3-17-10(16)6-4-12-8-7(11)9(15)13-14(8)5(6)2/h4H,3H2,1-2H3,(H,13,15). The number of aromatic nitrogens is 3. The Morgan fingerprint density at radius 2 is 2.35 bits per heavy atom. The minimum atomic E-state index is -0.454. The molecule has 0 fully saturated rings. The van der Waals surface area contributed by atoms with Crippen LogP contribution in [0.5, 0.6) is 0 Å². The van der Waals surface area contributed by atoms with Gasteiger partial charge in [-0.15, -0.1) is 0 Å². The zero-order valence-electron chi connectivity index (χ0n) is 9.28. The molecule has 0 aliphatic rings. The third-order valence-electron chi connectivity index (χ3n) is 2.36. The zero-order valence-corrected chi connectivity index (χ0v) is 10.9. The van der Waals surface area contributed by atoms with Crippen molar-refractivity contribution in [3.63, 3.8) is 0 Å². The van der Waals surface area contributed by atoms with Crippen molar-refractivity contribution in [3.05, 3.63) is 32.3 Å². The van der Waals surface area contributed by atoms with Gasteiger partial charge in [-0.1, -0.05) is 0 Å². The highest BCUT2D eigenvalue weighted by Gasteiger charge is 2.16. The van der Waals surface area contributed by atoms with Crippen LogP contribution in [0.15, 0.2) is 15.5 Å². The predicted octanol–water partition coefficient (Wildman–Crippen LogP) is 1.27. The van der Waals surface area contributed by atoms with Crippen LogP contribution in [0, 0.1) is 6.92 Å². The van der Waals surface area contributed by atoms with Crippen LogP contribution in [-0.2, 0) is 4.74 Å². The smallest absolute Gasteiger partial charge is 0.341 e. The number of carbonyl (C=O) groups excluding carboxylic acids is 1. The van der Waals surface area contributed by atoms with Gasteiger partial charge in [-0.2, -0.15) is 0 Å². The number of nitrogens with one attached hydrogen (secondary N) is 1. The Labute approximate surface area is 105 Å². The molecule has 7 heteroatoms. The number of carbonyl (C=O) groups is 1. The van der Waals surface area contributed by atoms with E-state index in [9.17, 15) is 9.59 Å². The Hall–Kier alpha value is -1.63. The van der Waals surface area contributed by atoms with Gasteiger partial charge in [0.2, 0.25) is 0 Å². The maximum Gasteiger partial charge on any atom is 0.341 e. The van der Waals surface area contributed by atoms with Crippen molar-refractivity contribution in [2.24, 2.45) is 0 Å². The van der Waals surface area contributed by atoms with E-state index in [1.165, 1.54) is 10.7 Å². The minimum Gasteiger partial charge on any atom is -0.462 e. The lowest BCUT2D eigenvalue weighted by atomic mass is 10.2. The normalized spacial score (nSPS) is 10.8. The number of hydrogen-bond donors (Lipinski definition) is 1. The summed E-state index contributed by atoms with van der Waals surface area (Å²) in [6.07, 6.45) is 1.40. The number of fused-ring (bicyclic) bond motifs is 1. The van der Waals surface area contributed by atoms with Crippen LogP contribution in [0.3, 0.4) is 0 Å². The molecule has 0 spiro atoms. The second-order valence-electron chi connectivity index (χ2n) is 3.39. The lowest BCUT2D eigenvalue weighted by Gasteiger charge is -2.06. The third kappa shape index (κ3) is 1.86. The van der Waals surface area contributed by atoms with E-state index >= 15 is 0 Å². The number of halogens is 1. The maximum atomic E-state index is 11.6. The summed E-state index contributed by atoms with van der Waals surface area (Å²) in [6, 6.07) is 0. The van der Waals surface area contributed by atoms with Crippen molar-refractivity contribution in [2.75, 3.05) is 6.61 Å². The molecule has 0 unspecified atom stereocenters. The maximum absolute atomic E-state index is 11.6. The molecule has 0 atom stereocenters. The lowest BCUT2D eigenvalue weighted by molar-refractivity contribution is 0.0524. The first-order valence-corrected chi connectivity index (χ1v) is 5.78. The highest BCUT2D eigenvalue weighted by Crippen LogP contribution is 2.15. The number of H-pyrrole nitrogens is 1. The molecule has 0 bridgehead atoms. The number of ether oxygens (including phenoxy) is 1. The molecule has 90 valence electrons. The Kier molecular flexibility index (Phi) is 3.01. The van der Waals surface area contributed by atoms with Gasteiger partial charge >= 0.3 is 5.97 Å². The van der Waals surface area contributed by atoms with E-state index in [-0.39, 0.29) is 5.56 Å². The van der Waals surface area contributed by atoms with Crippen molar-refractivity contribution in [2.45, 2.75) is 13.8 Å². The van der Waals surface area contributed by atoms with Gasteiger partial charge in [0.15, 0.2) is 5.65 Å². The molecule has 2 aromatic rings. The SMILES string of the molecule is CCOC(=O)c1cnc2c(Br)c(=O)[nH]n2c1C. The molecule has 17 heavy (non-hydrogen) atoms. The first kappa shape index (κ1) is 11.8. The van der Waals surface area contributed by atoms with Crippen molar-refractivity contribution in [1.29, 1.82) is 0 Å². The second-order valence-corrected chi connectivity index (χ2v) is 4.18. The molecule has 0 saturated carbocycles. The quantitative estimate of drug-likeness (QED) is 0.847. The Morgan fingerprint density at radius 1 is 1.65 bits per heavy atom. The van der Waals surface area contributed by atoms with Crippen molar-refractivity contribution < 1.29 is 9.53 Å². The molecular formula is C10H10BrN3O3. The molecule has 0 aliphatic carbocycles. The lowest BCUT2D eigenvalue weighted by Crippen LogP contribution is -2.11. The number of rotatable bonds is 2. The molecule has 2 heterocycles. The van der Waals surface area contributed by atoms with E-state index in [4.69, 9.17) is 4.74 Å². The van der Waals surface area contributed by atoms with Crippen LogP contribution in [0.4, 0.5) is 0 Å². The van der Waals surface area contributed by atoms with Crippen LogP contribution in [0.25, 0.3) is 5.65 Å². The van der Waals surface area contributed by atoms with E-state index in [1.54, 1.807) is 13.8 Å². The molecule has 6 nitrogen and oxygen atoms in total. The predicted molar refractivity (Wildman–Crippen MR) is 64.2 cm³/mol. The van der Waals surface area contributed by atoms with E-state index in [0.29, 0.717) is 28.0 Å². The molecule has 2 rings (SSSR count). The van der Waals surface area contributed by atoms with Crippen molar-refractivity contribution in [3.8, 4) is 0 Å². The molecule has 0 aromatic carbocycles. The Bertz CT molecular complexity index is 644. The third-order valence-corrected chi connectivity index (χ3v) is 3.07. The van der Waals surface area contributed by atoms with Crippen LogP contribution < -0.4 is 5.56 Å². The largest absolute Gasteiger partial charge is 0.462 e. The number of aromatic amines is 1. The van der Waals surface area contributed by atoms with Gasteiger partial charge in [-0.05, 0) is 29.8 Å². The average Bonchev–Trinajstić information content (AvgIpc) is 2.58. The molecule has 0 saturated heterocycles. The summed E-state index contributed by atoms with van der Waals surface area (Å²) < 4.78 is 6.70. The van der Waals surface area contributed by atoms with Gasteiger partial charge in [0.1, 0.15) is 4.47 Å². The summed E-state index contributed by atoms with van der Waals surface area (Å²) in [5.41, 5.74) is 1.07. The minimum absolute atomic E-state index is 0.290. The summed E-state index contributed by atoms with van der Waals surface area (Å²) in [4.78, 5) is 27.1. The molecule has 2 aromatic heterocycles. The number of hydrogen-bond acceptors (Lipinski definition) is 4. The highest BCUT2D eigenvalue weighted by atomic mass is 79.9. The monoisotopic (exact) mass is 299 g/mol. The van der Waals surface area contributed by atoms with Gasteiger partial charge < -0.3 is 4.74 Å². The van der Waals surface area contributed by atoms with Gasteiger partial charge in [-0.25, -0.2) is 14.3 Å². The fourth-order valence-electron chi connectivity index (χ4n) is 1.51. The van der Waals surface area contributed by atoms with Crippen LogP contribution in [0.2, 0.25) is 0 Å². The van der Waals surface area contributed by atoms with Crippen LogP contribution in [0.1, 0.15) is 23.0 Å². The first-order chi connectivity index (χ1) is 8.06. The molecule has 1 N–H and O–H groups in total. The van der Waals surface area contributed by atoms with E-state index in [0.717, 1.165) is 0 Å².